The third kappa shape index (κ3) is 3.22. The van der Waals surface area contributed by atoms with Gasteiger partial charge in [-0.15, -0.1) is 0 Å². The van der Waals surface area contributed by atoms with Crippen LogP contribution in [0.2, 0.25) is 0 Å². The number of fused-ring (bicyclic) bond motifs is 1. The van der Waals surface area contributed by atoms with Crippen LogP contribution < -0.4 is 5.32 Å². The number of nitrogens with zero attached hydrogens (tertiary/aromatic N) is 2. The average molecular weight is 401 g/mol. The number of nitrogens with one attached hydrogen (secondary N) is 2. The SMILES string of the molecule is Cc1cc(C)c2cc(C(=O)Nc3c(C)nn(C4CCS(=O)(=O)C4)c3C)[nH]c2c1. The Kier molecular flexibility index (Phi) is 4.33. The summed E-state index contributed by atoms with van der Waals surface area (Å²) in [5.41, 5.74) is 5.77. The number of amides is 1. The van der Waals surface area contributed by atoms with Crippen LogP contribution in [0.4, 0.5) is 5.69 Å². The molecule has 1 aliphatic rings. The number of benzene rings is 1. The topological polar surface area (TPSA) is 96.8 Å². The molecule has 1 aromatic carbocycles. The van der Waals surface area contributed by atoms with E-state index in [0.717, 1.165) is 27.7 Å². The molecule has 2 N–H and O–H groups in total. The molecule has 1 unspecified atom stereocenters. The second-order valence-corrected chi connectivity index (χ2v) is 9.96. The molecule has 0 bridgehead atoms. The number of aryl methyl sites for hydroxylation is 3. The summed E-state index contributed by atoms with van der Waals surface area (Å²) in [6, 6.07) is 5.80. The molecule has 0 spiro atoms. The zero-order valence-corrected chi connectivity index (χ0v) is 17.3. The maximum absolute atomic E-state index is 12.8. The summed E-state index contributed by atoms with van der Waals surface area (Å²) < 4.78 is 25.3. The van der Waals surface area contributed by atoms with E-state index in [1.54, 1.807) is 4.68 Å². The number of sulfone groups is 1. The first kappa shape index (κ1) is 18.7. The normalized spacial score (nSPS) is 18.6. The number of carbonyl (C=O) groups is 1. The van der Waals surface area contributed by atoms with Crippen LogP contribution in [0.15, 0.2) is 18.2 Å². The average Bonchev–Trinajstić information content (AvgIpc) is 3.26. The fourth-order valence-electron chi connectivity index (χ4n) is 4.07. The van der Waals surface area contributed by atoms with E-state index < -0.39 is 9.84 Å². The molecule has 8 heteroatoms. The van der Waals surface area contributed by atoms with Crippen molar-refractivity contribution in [1.29, 1.82) is 0 Å². The van der Waals surface area contributed by atoms with Gasteiger partial charge in [-0.1, -0.05) is 6.07 Å². The first-order chi connectivity index (χ1) is 13.1. The number of aromatic amines is 1. The van der Waals surface area contributed by atoms with Gasteiger partial charge in [0.1, 0.15) is 5.69 Å². The second-order valence-electron chi connectivity index (χ2n) is 7.73. The largest absolute Gasteiger partial charge is 0.351 e. The highest BCUT2D eigenvalue weighted by atomic mass is 32.2. The van der Waals surface area contributed by atoms with Crippen LogP contribution >= 0.6 is 0 Å². The van der Waals surface area contributed by atoms with Crippen LogP contribution in [0.1, 0.15) is 45.5 Å². The van der Waals surface area contributed by atoms with Crippen LogP contribution in [0.25, 0.3) is 10.9 Å². The van der Waals surface area contributed by atoms with Gasteiger partial charge in [0.2, 0.25) is 0 Å². The molecule has 28 heavy (non-hydrogen) atoms. The van der Waals surface area contributed by atoms with Crippen LogP contribution in [-0.2, 0) is 9.84 Å². The highest BCUT2D eigenvalue weighted by molar-refractivity contribution is 7.91. The Hall–Kier alpha value is -2.61. The molecular weight excluding hydrogens is 376 g/mol. The maximum atomic E-state index is 12.8. The van der Waals surface area contributed by atoms with Gasteiger partial charge in [0.15, 0.2) is 9.84 Å². The number of rotatable bonds is 3. The van der Waals surface area contributed by atoms with E-state index in [9.17, 15) is 13.2 Å². The second kappa shape index (κ2) is 6.48. The lowest BCUT2D eigenvalue weighted by Crippen LogP contribution is -2.15. The van der Waals surface area contributed by atoms with E-state index in [4.69, 9.17) is 0 Å². The minimum Gasteiger partial charge on any atom is -0.351 e. The zero-order chi connectivity index (χ0) is 20.2. The first-order valence-corrected chi connectivity index (χ1v) is 11.1. The lowest BCUT2D eigenvalue weighted by Gasteiger charge is -2.11. The van der Waals surface area contributed by atoms with Crippen molar-refractivity contribution in [3.8, 4) is 0 Å². The lowest BCUT2D eigenvalue weighted by atomic mass is 10.1. The van der Waals surface area contributed by atoms with Crippen LogP contribution in [0.5, 0.6) is 0 Å². The molecule has 1 atom stereocenters. The molecule has 4 rings (SSSR count). The van der Waals surface area contributed by atoms with E-state index in [0.29, 0.717) is 23.5 Å². The minimum atomic E-state index is -3.01. The van der Waals surface area contributed by atoms with Crippen LogP contribution in [0, 0.1) is 27.7 Å². The number of hydrogen-bond donors (Lipinski definition) is 2. The zero-order valence-electron chi connectivity index (χ0n) is 16.5. The summed E-state index contributed by atoms with van der Waals surface area (Å²) >= 11 is 0. The molecule has 1 aliphatic heterocycles. The number of anilines is 1. The predicted molar refractivity (Wildman–Crippen MR) is 110 cm³/mol. The smallest absolute Gasteiger partial charge is 0.272 e. The summed E-state index contributed by atoms with van der Waals surface area (Å²) in [6.07, 6.45) is 0.554. The van der Waals surface area contributed by atoms with E-state index in [-0.39, 0.29) is 23.5 Å². The predicted octanol–water partition coefficient (Wildman–Crippen LogP) is 3.21. The van der Waals surface area contributed by atoms with Crippen molar-refractivity contribution in [2.24, 2.45) is 0 Å². The Morgan fingerprint density at radius 2 is 1.96 bits per heavy atom. The van der Waals surface area contributed by atoms with E-state index in [2.05, 4.69) is 21.5 Å². The fraction of sp³-hybridized carbons (Fsp3) is 0.400. The number of aromatic nitrogens is 3. The minimum absolute atomic E-state index is 0.100. The van der Waals surface area contributed by atoms with Gasteiger partial charge in [-0.05, 0) is 57.4 Å². The van der Waals surface area contributed by atoms with Gasteiger partial charge in [0.25, 0.3) is 5.91 Å². The Morgan fingerprint density at radius 1 is 1.21 bits per heavy atom. The van der Waals surface area contributed by atoms with E-state index in [1.807, 2.05) is 39.8 Å². The van der Waals surface area contributed by atoms with Crippen molar-refractivity contribution in [2.75, 3.05) is 16.8 Å². The molecule has 1 saturated heterocycles. The highest BCUT2D eigenvalue weighted by Gasteiger charge is 2.31. The molecule has 0 aliphatic carbocycles. The van der Waals surface area contributed by atoms with Gasteiger partial charge in [-0.3, -0.25) is 9.48 Å². The van der Waals surface area contributed by atoms with Gasteiger partial charge in [0, 0.05) is 10.9 Å². The molecular formula is C20H24N4O3S. The highest BCUT2D eigenvalue weighted by Crippen LogP contribution is 2.29. The van der Waals surface area contributed by atoms with Crippen molar-refractivity contribution in [2.45, 2.75) is 40.2 Å². The monoisotopic (exact) mass is 400 g/mol. The summed E-state index contributed by atoms with van der Waals surface area (Å²) in [5, 5.41) is 8.48. The Morgan fingerprint density at radius 3 is 2.64 bits per heavy atom. The molecule has 1 amide bonds. The van der Waals surface area contributed by atoms with Crippen molar-refractivity contribution < 1.29 is 13.2 Å². The molecule has 1 fully saturated rings. The van der Waals surface area contributed by atoms with E-state index in [1.165, 1.54) is 0 Å². The van der Waals surface area contributed by atoms with E-state index >= 15 is 0 Å². The summed E-state index contributed by atoms with van der Waals surface area (Å²) in [6.45, 7) is 7.73. The van der Waals surface area contributed by atoms with Gasteiger partial charge < -0.3 is 10.3 Å². The first-order valence-electron chi connectivity index (χ1n) is 9.32. The molecule has 0 saturated carbocycles. The molecule has 3 heterocycles. The fourth-order valence-corrected chi connectivity index (χ4v) is 5.76. The Labute approximate surface area is 164 Å². The lowest BCUT2D eigenvalue weighted by molar-refractivity contribution is 0.102. The summed E-state index contributed by atoms with van der Waals surface area (Å²) in [7, 11) is -3.01. The summed E-state index contributed by atoms with van der Waals surface area (Å²) in [5.74, 6) is 0.0483. The number of H-pyrrole nitrogens is 1. The number of hydrogen-bond acceptors (Lipinski definition) is 4. The quantitative estimate of drug-likeness (QED) is 0.705. The van der Waals surface area contributed by atoms with Crippen molar-refractivity contribution in [3.63, 3.8) is 0 Å². The van der Waals surface area contributed by atoms with Crippen molar-refractivity contribution in [3.05, 3.63) is 46.4 Å². The van der Waals surface area contributed by atoms with Gasteiger partial charge in [0.05, 0.1) is 34.6 Å². The molecule has 2 aromatic heterocycles. The Bertz CT molecular complexity index is 1200. The third-order valence-corrected chi connectivity index (χ3v) is 7.20. The van der Waals surface area contributed by atoms with Crippen LogP contribution in [0.3, 0.4) is 0 Å². The van der Waals surface area contributed by atoms with Crippen molar-refractivity contribution in [1.82, 2.24) is 14.8 Å². The number of carbonyl (C=O) groups excluding carboxylic acids is 1. The molecule has 0 radical (unpaired) electrons. The van der Waals surface area contributed by atoms with Gasteiger partial charge in [-0.2, -0.15) is 5.10 Å². The Balaban J connectivity index is 1.63. The standard InChI is InChI=1S/C20H24N4O3S/c1-11-7-12(2)16-9-18(21-17(16)8-11)20(25)22-19-13(3)23-24(14(19)4)15-5-6-28(26,27)10-15/h7-9,15,21H,5-6,10H2,1-4H3,(H,22,25). The molecule has 7 nitrogen and oxygen atoms in total. The third-order valence-electron chi connectivity index (χ3n) is 5.45. The molecule has 148 valence electrons. The maximum Gasteiger partial charge on any atom is 0.272 e. The van der Waals surface area contributed by atoms with Gasteiger partial charge in [-0.25, -0.2) is 8.42 Å². The van der Waals surface area contributed by atoms with Crippen molar-refractivity contribution >= 4 is 32.3 Å². The van der Waals surface area contributed by atoms with Gasteiger partial charge >= 0.3 is 0 Å². The molecule has 3 aromatic rings. The van der Waals surface area contributed by atoms with Crippen LogP contribution in [-0.4, -0.2) is 40.6 Å². The summed E-state index contributed by atoms with van der Waals surface area (Å²) in [4.78, 5) is 16.0.